The van der Waals surface area contributed by atoms with Gasteiger partial charge < -0.3 is 0 Å². The molecule has 0 saturated carbocycles. The number of benzene rings is 2. The van der Waals surface area contributed by atoms with Crippen molar-refractivity contribution < 1.29 is 0 Å². The Bertz CT molecular complexity index is 1090. The Hall–Kier alpha value is -3.55. The lowest BCUT2D eigenvalue weighted by Crippen LogP contribution is -2.44. The number of quaternary nitrogens is 1. The third kappa shape index (κ3) is 3.62. The molecule has 0 atom stereocenters. The van der Waals surface area contributed by atoms with E-state index in [1.165, 1.54) is 5.69 Å². The summed E-state index contributed by atoms with van der Waals surface area (Å²) in [5.41, 5.74) is 3.93. The average molecular weight is 365 g/mol. The maximum Gasteiger partial charge on any atom is 0.141 e. The second-order valence-electron chi connectivity index (χ2n) is 7.18. The van der Waals surface area contributed by atoms with Crippen LogP contribution in [0.25, 0.3) is 10.8 Å². The van der Waals surface area contributed by atoms with E-state index in [1.807, 2.05) is 48.8 Å². The minimum atomic E-state index is 0.636. The summed E-state index contributed by atoms with van der Waals surface area (Å²) in [6, 6.07) is 26.5. The molecule has 4 nitrogen and oxygen atoms in total. The van der Waals surface area contributed by atoms with Crippen molar-refractivity contribution in [3.05, 3.63) is 102 Å². The Morgan fingerprint density at radius 2 is 1.50 bits per heavy atom. The van der Waals surface area contributed by atoms with Crippen LogP contribution in [0.5, 0.6) is 0 Å². The normalized spacial score (nSPS) is 11.3. The highest BCUT2D eigenvalue weighted by Crippen LogP contribution is 2.34. The predicted molar refractivity (Wildman–Crippen MR) is 112 cm³/mol. The molecule has 4 heteroatoms. The number of rotatable bonds is 5. The Balaban J connectivity index is 1.85. The second-order valence-corrected chi connectivity index (χ2v) is 7.18. The Labute approximate surface area is 164 Å². The van der Waals surface area contributed by atoms with Crippen molar-refractivity contribution >= 4 is 16.5 Å². The van der Waals surface area contributed by atoms with Gasteiger partial charge in [-0.15, -0.1) is 0 Å². The van der Waals surface area contributed by atoms with Crippen LogP contribution in [0, 0.1) is 11.3 Å². The van der Waals surface area contributed by atoms with Crippen molar-refractivity contribution in [2.75, 3.05) is 7.05 Å². The minimum Gasteiger partial charge on any atom is -0.283 e. The van der Waals surface area contributed by atoms with E-state index < -0.39 is 0 Å². The molecule has 4 aromatic rings. The zero-order valence-corrected chi connectivity index (χ0v) is 15.8. The number of hydrogen-bond donors (Lipinski definition) is 0. The van der Waals surface area contributed by atoms with E-state index in [1.54, 1.807) is 0 Å². The van der Waals surface area contributed by atoms with Gasteiger partial charge in [0.25, 0.3) is 0 Å². The number of nitrogens with zero attached hydrogens (tertiary/aromatic N) is 4. The van der Waals surface area contributed by atoms with Gasteiger partial charge in [-0.2, -0.15) is 5.26 Å². The van der Waals surface area contributed by atoms with Crippen LogP contribution in [0.4, 0.5) is 5.69 Å². The fourth-order valence-corrected chi connectivity index (χ4v) is 3.73. The molecular formula is C24H21N4+. The third-order valence-corrected chi connectivity index (χ3v) is 5.04. The fraction of sp³-hybridized carbons (Fsp3) is 0.125. The number of fused-ring (bicyclic) bond motifs is 1. The van der Waals surface area contributed by atoms with Crippen molar-refractivity contribution in [2.24, 2.45) is 0 Å². The van der Waals surface area contributed by atoms with Gasteiger partial charge in [0.2, 0.25) is 0 Å². The van der Waals surface area contributed by atoms with Crippen LogP contribution in [0.15, 0.2) is 85.2 Å². The van der Waals surface area contributed by atoms with Crippen LogP contribution in [-0.4, -0.2) is 17.0 Å². The molecule has 0 aliphatic carbocycles. The summed E-state index contributed by atoms with van der Waals surface area (Å²) in [5, 5.41) is 11.5. The lowest BCUT2D eigenvalue weighted by molar-refractivity contribution is 0.309. The molecule has 0 spiro atoms. The first-order valence-electron chi connectivity index (χ1n) is 9.26. The summed E-state index contributed by atoms with van der Waals surface area (Å²) in [6.45, 7) is 1.49. The van der Waals surface area contributed by atoms with Gasteiger partial charge in [0.15, 0.2) is 0 Å². The molecule has 0 fully saturated rings. The SMILES string of the molecule is C[N+](Cc1ccccn1)(Cc1ccccn1)c1cccc2cc(C#N)ccc12. The molecule has 0 radical (unpaired) electrons. The highest BCUT2D eigenvalue weighted by atomic mass is 15.3. The Kier molecular flexibility index (Phi) is 4.84. The fourth-order valence-electron chi connectivity index (χ4n) is 3.73. The summed E-state index contributed by atoms with van der Waals surface area (Å²) in [6.07, 6.45) is 3.67. The number of nitriles is 1. The van der Waals surface area contributed by atoms with E-state index >= 15 is 0 Å². The van der Waals surface area contributed by atoms with Crippen molar-refractivity contribution in [3.8, 4) is 6.07 Å². The zero-order chi connectivity index (χ0) is 19.4. The summed E-state index contributed by atoms with van der Waals surface area (Å²) in [7, 11) is 2.22. The predicted octanol–water partition coefficient (Wildman–Crippen LogP) is 4.84. The maximum absolute atomic E-state index is 9.25. The minimum absolute atomic E-state index is 0.636. The quantitative estimate of drug-likeness (QED) is 0.476. The Morgan fingerprint density at radius 1 is 0.821 bits per heavy atom. The third-order valence-electron chi connectivity index (χ3n) is 5.04. The van der Waals surface area contributed by atoms with E-state index in [0.29, 0.717) is 10.0 Å². The molecular weight excluding hydrogens is 344 g/mol. The lowest BCUT2D eigenvalue weighted by Gasteiger charge is -2.34. The van der Waals surface area contributed by atoms with Crippen molar-refractivity contribution in [2.45, 2.75) is 13.1 Å². The molecule has 4 rings (SSSR count). The first-order chi connectivity index (χ1) is 13.7. The molecule has 2 aromatic carbocycles. The van der Waals surface area contributed by atoms with Gasteiger partial charge in [0.05, 0.1) is 30.1 Å². The standard InChI is InChI=1S/C24H21N4/c1-28(17-21-8-2-4-13-26-21,18-22-9-3-5-14-27-22)24-10-6-7-20-15-19(16-25)11-12-23(20)24/h2-15H,17-18H2,1H3/q+1. The molecule has 0 aliphatic heterocycles. The summed E-state index contributed by atoms with van der Waals surface area (Å²) in [4.78, 5) is 9.12. The van der Waals surface area contributed by atoms with E-state index in [9.17, 15) is 5.26 Å². The molecule has 2 heterocycles. The van der Waals surface area contributed by atoms with E-state index in [4.69, 9.17) is 0 Å². The van der Waals surface area contributed by atoms with Crippen LogP contribution in [-0.2, 0) is 13.1 Å². The van der Waals surface area contributed by atoms with E-state index in [0.717, 1.165) is 35.2 Å². The highest BCUT2D eigenvalue weighted by Gasteiger charge is 2.29. The molecule has 28 heavy (non-hydrogen) atoms. The first kappa shape index (κ1) is 17.8. The van der Waals surface area contributed by atoms with Gasteiger partial charge in [-0.3, -0.25) is 14.5 Å². The van der Waals surface area contributed by atoms with Crippen LogP contribution in [0.3, 0.4) is 0 Å². The monoisotopic (exact) mass is 365 g/mol. The number of aromatic nitrogens is 2. The number of hydrogen-bond acceptors (Lipinski definition) is 3. The topological polar surface area (TPSA) is 49.6 Å². The van der Waals surface area contributed by atoms with Crippen molar-refractivity contribution in [1.82, 2.24) is 14.5 Å². The van der Waals surface area contributed by atoms with Gasteiger partial charge in [0, 0.05) is 17.8 Å². The molecule has 0 aliphatic rings. The van der Waals surface area contributed by atoms with Gasteiger partial charge >= 0.3 is 0 Å². The molecule has 0 amide bonds. The summed E-state index contributed by atoms with van der Waals surface area (Å²) in [5.74, 6) is 0. The molecule has 0 bridgehead atoms. The van der Waals surface area contributed by atoms with Crippen molar-refractivity contribution in [3.63, 3.8) is 0 Å². The molecule has 136 valence electrons. The largest absolute Gasteiger partial charge is 0.283 e. The van der Waals surface area contributed by atoms with Crippen LogP contribution in [0.1, 0.15) is 17.0 Å². The van der Waals surface area contributed by atoms with Crippen LogP contribution >= 0.6 is 0 Å². The molecule has 2 aromatic heterocycles. The summed E-state index contributed by atoms with van der Waals surface area (Å²) < 4.78 is 0.636. The van der Waals surface area contributed by atoms with E-state index in [-0.39, 0.29) is 0 Å². The molecule has 0 unspecified atom stereocenters. The van der Waals surface area contributed by atoms with Gasteiger partial charge in [-0.25, -0.2) is 0 Å². The summed E-state index contributed by atoms with van der Waals surface area (Å²) >= 11 is 0. The van der Waals surface area contributed by atoms with Gasteiger partial charge in [-0.1, -0.05) is 24.3 Å². The lowest BCUT2D eigenvalue weighted by atomic mass is 10.0. The second kappa shape index (κ2) is 7.59. The maximum atomic E-state index is 9.25. The van der Waals surface area contributed by atoms with Crippen molar-refractivity contribution in [1.29, 1.82) is 5.26 Å². The van der Waals surface area contributed by atoms with Crippen LogP contribution < -0.4 is 4.48 Å². The van der Waals surface area contributed by atoms with Gasteiger partial charge in [0.1, 0.15) is 18.8 Å². The van der Waals surface area contributed by atoms with E-state index in [2.05, 4.69) is 59.5 Å². The van der Waals surface area contributed by atoms with Crippen LogP contribution in [0.2, 0.25) is 0 Å². The average Bonchev–Trinajstić information content (AvgIpc) is 2.74. The molecule has 0 N–H and O–H groups in total. The smallest absolute Gasteiger partial charge is 0.141 e. The highest BCUT2D eigenvalue weighted by molar-refractivity contribution is 5.94. The Morgan fingerprint density at radius 3 is 2.07 bits per heavy atom. The first-order valence-corrected chi connectivity index (χ1v) is 9.26. The molecule has 0 saturated heterocycles. The number of pyridine rings is 2. The zero-order valence-electron chi connectivity index (χ0n) is 15.8. The van der Waals surface area contributed by atoms with Gasteiger partial charge in [-0.05, 0) is 53.9 Å².